The van der Waals surface area contributed by atoms with Gasteiger partial charge in [0.05, 0.1) is 0 Å². The molecule has 2 aromatic rings. The predicted octanol–water partition coefficient (Wildman–Crippen LogP) is 5.27. The highest BCUT2D eigenvalue weighted by Gasteiger charge is 2.53. The SMILES string of the molecule is CC(C)(C)[Si](OC1CC[C@]2(C)C=CC(=O)C[C@@H]2C1)(c1ccccc1)c1ccccc1. The van der Waals surface area contributed by atoms with Crippen LogP contribution in [0, 0.1) is 11.3 Å². The summed E-state index contributed by atoms with van der Waals surface area (Å²) >= 11 is 0. The highest BCUT2D eigenvalue weighted by Crippen LogP contribution is 2.48. The second-order valence-electron chi connectivity index (χ2n) is 10.4. The van der Waals surface area contributed by atoms with Gasteiger partial charge in [-0.1, -0.05) is 94.4 Å². The van der Waals surface area contributed by atoms with Gasteiger partial charge in [-0.25, -0.2) is 0 Å². The minimum atomic E-state index is -2.54. The van der Waals surface area contributed by atoms with Crippen molar-refractivity contribution in [3.8, 4) is 0 Å². The number of ketones is 1. The lowest BCUT2D eigenvalue weighted by molar-refractivity contribution is -0.118. The molecule has 1 unspecified atom stereocenters. The van der Waals surface area contributed by atoms with Crippen LogP contribution >= 0.6 is 0 Å². The van der Waals surface area contributed by atoms with Gasteiger partial charge >= 0.3 is 0 Å². The van der Waals surface area contributed by atoms with Gasteiger partial charge in [0, 0.05) is 12.5 Å². The van der Waals surface area contributed by atoms with Crippen molar-refractivity contribution < 1.29 is 9.22 Å². The molecule has 0 amide bonds. The molecular formula is C27H34O2Si. The van der Waals surface area contributed by atoms with E-state index in [4.69, 9.17) is 4.43 Å². The molecule has 0 radical (unpaired) electrons. The molecule has 2 aromatic carbocycles. The Kier molecular flexibility index (Phi) is 5.63. The summed E-state index contributed by atoms with van der Waals surface area (Å²) in [7, 11) is -2.54. The molecule has 0 spiro atoms. The Bertz CT molecular complexity index is 873. The van der Waals surface area contributed by atoms with Crippen molar-refractivity contribution in [2.45, 2.75) is 64.5 Å². The van der Waals surface area contributed by atoms with Gasteiger partial charge in [-0.3, -0.25) is 4.79 Å². The molecule has 0 bridgehead atoms. The van der Waals surface area contributed by atoms with Crippen LogP contribution in [0.4, 0.5) is 0 Å². The Balaban J connectivity index is 1.75. The molecule has 30 heavy (non-hydrogen) atoms. The quantitative estimate of drug-likeness (QED) is 0.633. The first-order valence-corrected chi connectivity index (χ1v) is 13.2. The highest BCUT2D eigenvalue weighted by atomic mass is 28.4. The average Bonchev–Trinajstić information content (AvgIpc) is 2.73. The number of carbonyl (C=O) groups is 1. The summed E-state index contributed by atoms with van der Waals surface area (Å²) in [6.07, 6.45) is 7.93. The summed E-state index contributed by atoms with van der Waals surface area (Å²) < 4.78 is 7.35. The van der Waals surface area contributed by atoms with Gasteiger partial charge in [-0.15, -0.1) is 0 Å². The Labute approximate surface area is 182 Å². The lowest BCUT2D eigenvalue weighted by Crippen LogP contribution is -2.68. The average molecular weight is 419 g/mol. The molecule has 1 fully saturated rings. The van der Waals surface area contributed by atoms with Crippen molar-refractivity contribution in [2.24, 2.45) is 11.3 Å². The van der Waals surface area contributed by atoms with E-state index >= 15 is 0 Å². The number of allylic oxidation sites excluding steroid dienone is 2. The summed E-state index contributed by atoms with van der Waals surface area (Å²) in [5, 5.41) is 2.65. The molecule has 0 aromatic heterocycles. The van der Waals surface area contributed by atoms with Gasteiger partial charge in [-0.05, 0) is 52.1 Å². The molecule has 4 rings (SSSR count). The lowest BCUT2D eigenvalue weighted by atomic mass is 9.63. The minimum Gasteiger partial charge on any atom is -0.404 e. The van der Waals surface area contributed by atoms with Gasteiger partial charge < -0.3 is 4.43 Å². The summed E-state index contributed by atoms with van der Waals surface area (Å²) in [5.74, 6) is 0.649. The maximum atomic E-state index is 12.1. The summed E-state index contributed by atoms with van der Waals surface area (Å²) in [6.45, 7) is 9.32. The van der Waals surface area contributed by atoms with Crippen LogP contribution in [-0.4, -0.2) is 20.2 Å². The fourth-order valence-corrected chi connectivity index (χ4v) is 10.3. The van der Waals surface area contributed by atoms with E-state index in [-0.39, 0.29) is 22.3 Å². The van der Waals surface area contributed by atoms with Crippen molar-refractivity contribution in [3.63, 3.8) is 0 Å². The smallest absolute Gasteiger partial charge is 0.261 e. The van der Waals surface area contributed by atoms with E-state index in [1.807, 2.05) is 0 Å². The van der Waals surface area contributed by atoms with E-state index in [1.54, 1.807) is 6.08 Å². The fourth-order valence-electron chi connectivity index (χ4n) is 5.56. The summed E-state index contributed by atoms with van der Waals surface area (Å²) in [6, 6.07) is 21.7. The predicted molar refractivity (Wildman–Crippen MR) is 127 cm³/mol. The first-order chi connectivity index (χ1) is 14.2. The Hall–Kier alpha value is -1.97. The summed E-state index contributed by atoms with van der Waals surface area (Å²) in [5.41, 5.74) is 0.138. The highest BCUT2D eigenvalue weighted by molar-refractivity contribution is 6.99. The molecule has 3 atom stereocenters. The summed E-state index contributed by atoms with van der Waals surface area (Å²) in [4.78, 5) is 12.1. The van der Waals surface area contributed by atoms with E-state index in [0.29, 0.717) is 12.3 Å². The molecule has 0 heterocycles. The third kappa shape index (κ3) is 3.74. The molecule has 0 N–H and O–H groups in total. The van der Waals surface area contributed by atoms with E-state index in [0.717, 1.165) is 19.3 Å². The van der Waals surface area contributed by atoms with Gasteiger partial charge in [-0.2, -0.15) is 0 Å². The topological polar surface area (TPSA) is 26.3 Å². The van der Waals surface area contributed by atoms with Crippen LogP contribution in [0.15, 0.2) is 72.8 Å². The molecule has 2 aliphatic rings. The van der Waals surface area contributed by atoms with Crippen molar-refractivity contribution in [1.82, 2.24) is 0 Å². The molecule has 158 valence electrons. The van der Waals surface area contributed by atoms with Crippen LogP contribution in [0.2, 0.25) is 5.04 Å². The molecular weight excluding hydrogens is 384 g/mol. The number of carbonyl (C=O) groups excluding carboxylic acids is 1. The van der Waals surface area contributed by atoms with Crippen molar-refractivity contribution in [3.05, 3.63) is 72.8 Å². The molecule has 1 saturated carbocycles. The number of hydrogen-bond donors (Lipinski definition) is 0. The molecule has 0 aliphatic heterocycles. The van der Waals surface area contributed by atoms with E-state index in [2.05, 4.69) is 94.4 Å². The van der Waals surface area contributed by atoms with E-state index < -0.39 is 8.32 Å². The van der Waals surface area contributed by atoms with Crippen molar-refractivity contribution >= 4 is 24.5 Å². The van der Waals surface area contributed by atoms with E-state index in [1.165, 1.54) is 10.4 Å². The monoisotopic (exact) mass is 418 g/mol. The maximum absolute atomic E-state index is 12.1. The first-order valence-electron chi connectivity index (χ1n) is 11.3. The molecule has 3 heteroatoms. The van der Waals surface area contributed by atoms with Gasteiger partial charge in [0.25, 0.3) is 8.32 Å². The normalized spacial score (nSPS) is 27.0. The zero-order valence-electron chi connectivity index (χ0n) is 18.7. The number of hydrogen-bond acceptors (Lipinski definition) is 2. The van der Waals surface area contributed by atoms with Crippen LogP contribution in [-0.2, 0) is 9.22 Å². The van der Waals surface area contributed by atoms with Gasteiger partial charge in [0.2, 0.25) is 0 Å². The Morgan fingerprint density at radius 2 is 1.53 bits per heavy atom. The second kappa shape index (κ2) is 7.94. The number of fused-ring (bicyclic) bond motifs is 1. The minimum absolute atomic E-state index is 0.0151. The van der Waals surface area contributed by atoms with Crippen molar-refractivity contribution in [2.75, 3.05) is 0 Å². The fraction of sp³-hybridized carbons (Fsp3) is 0.444. The zero-order valence-corrected chi connectivity index (χ0v) is 19.7. The number of rotatable bonds is 4. The maximum Gasteiger partial charge on any atom is 0.261 e. The lowest BCUT2D eigenvalue weighted by Gasteiger charge is -2.49. The third-order valence-electron chi connectivity index (χ3n) is 7.34. The zero-order chi connectivity index (χ0) is 21.4. The molecule has 2 nitrogen and oxygen atoms in total. The number of benzene rings is 2. The molecule has 2 aliphatic carbocycles. The van der Waals surface area contributed by atoms with E-state index in [9.17, 15) is 4.79 Å². The first kappa shape index (κ1) is 21.3. The van der Waals surface area contributed by atoms with Crippen LogP contribution in [0.3, 0.4) is 0 Å². The van der Waals surface area contributed by atoms with Crippen LogP contribution in [0.25, 0.3) is 0 Å². The van der Waals surface area contributed by atoms with Gasteiger partial charge in [0.1, 0.15) is 0 Å². The largest absolute Gasteiger partial charge is 0.404 e. The third-order valence-corrected chi connectivity index (χ3v) is 12.4. The van der Waals surface area contributed by atoms with Crippen LogP contribution < -0.4 is 10.4 Å². The Morgan fingerprint density at radius 1 is 0.967 bits per heavy atom. The van der Waals surface area contributed by atoms with Gasteiger partial charge in [0.15, 0.2) is 5.78 Å². The van der Waals surface area contributed by atoms with Crippen LogP contribution in [0.1, 0.15) is 53.4 Å². The second-order valence-corrected chi connectivity index (χ2v) is 14.6. The standard InChI is InChI=1S/C27H34O2Si/c1-26(2,3)30(24-11-7-5-8-12-24,25-13-9-6-10-14-25)29-23-16-18-27(4)17-15-22(28)19-21(27)20-23/h5-15,17,21,23H,16,18-20H2,1-4H3/t21-,23?,27+/m1/s1. The van der Waals surface area contributed by atoms with Crippen LogP contribution in [0.5, 0.6) is 0 Å². The molecule has 0 saturated heterocycles. The van der Waals surface area contributed by atoms with Crippen molar-refractivity contribution in [1.29, 1.82) is 0 Å². The Morgan fingerprint density at radius 3 is 2.07 bits per heavy atom.